The van der Waals surface area contributed by atoms with Crippen molar-refractivity contribution >= 4 is 45.7 Å². The highest BCUT2D eigenvalue weighted by Gasteiger charge is 2.11. The van der Waals surface area contributed by atoms with E-state index in [1.807, 2.05) is 24.3 Å². The van der Waals surface area contributed by atoms with Crippen LogP contribution < -0.4 is 5.73 Å². The number of nitrogen functional groups attached to an aromatic ring is 1. The van der Waals surface area contributed by atoms with Gasteiger partial charge in [0.15, 0.2) is 4.34 Å². The molecule has 20 heavy (non-hydrogen) atoms. The van der Waals surface area contributed by atoms with Crippen molar-refractivity contribution in [1.29, 1.82) is 0 Å². The van der Waals surface area contributed by atoms with Crippen LogP contribution in [-0.2, 0) is 11.3 Å². The zero-order valence-corrected chi connectivity index (χ0v) is 13.1. The lowest BCUT2D eigenvalue weighted by Crippen LogP contribution is -2.27. The molecule has 0 unspecified atom stereocenters. The molecule has 0 aliphatic rings. The van der Waals surface area contributed by atoms with Gasteiger partial charge in [-0.2, -0.15) is 0 Å². The second kappa shape index (κ2) is 6.92. The van der Waals surface area contributed by atoms with E-state index in [9.17, 15) is 4.79 Å². The number of nitrogens with two attached hydrogens (primary N) is 1. The molecule has 8 heteroatoms. The number of carbonyl (C=O) groups excluding carboxylic acids is 1. The summed E-state index contributed by atoms with van der Waals surface area (Å²) in [6, 6.07) is 7.44. The van der Waals surface area contributed by atoms with Crippen LogP contribution in [0.4, 0.5) is 5.13 Å². The zero-order valence-electron chi connectivity index (χ0n) is 10.7. The second-order valence-electron chi connectivity index (χ2n) is 4.07. The molecule has 0 spiro atoms. The predicted molar refractivity (Wildman–Crippen MR) is 83.0 cm³/mol. The average molecular weight is 329 g/mol. The quantitative estimate of drug-likeness (QED) is 0.854. The minimum absolute atomic E-state index is 0.0266. The maximum absolute atomic E-state index is 12.0. The van der Waals surface area contributed by atoms with Gasteiger partial charge in [-0.1, -0.05) is 46.8 Å². The number of rotatable bonds is 5. The first-order valence-electron chi connectivity index (χ1n) is 5.75. The van der Waals surface area contributed by atoms with E-state index in [2.05, 4.69) is 10.2 Å². The molecule has 2 rings (SSSR count). The summed E-state index contributed by atoms with van der Waals surface area (Å²) in [4.78, 5) is 13.7. The van der Waals surface area contributed by atoms with Crippen LogP contribution >= 0.6 is 34.7 Å². The fourth-order valence-electron chi connectivity index (χ4n) is 1.46. The lowest BCUT2D eigenvalue weighted by atomic mass is 10.2. The predicted octanol–water partition coefficient (Wildman–Crippen LogP) is 2.52. The molecule has 5 nitrogen and oxygen atoms in total. The smallest absolute Gasteiger partial charge is 0.233 e. The van der Waals surface area contributed by atoms with Crippen molar-refractivity contribution in [2.45, 2.75) is 10.9 Å². The topological polar surface area (TPSA) is 72.1 Å². The number of anilines is 1. The second-order valence-corrected chi connectivity index (χ2v) is 6.74. The van der Waals surface area contributed by atoms with E-state index >= 15 is 0 Å². The highest BCUT2D eigenvalue weighted by atomic mass is 35.5. The van der Waals surface area contributed by atoms with E-state index in [0.29, 0.717) is 26.8 Å². The monoisotopic (exact) mass is 328 g/mol. The normalized spacial score (nSPS) is 10.5. The van der Waals surface area contributed by atoms with E-state index in [1.54, 1.807) is 11.9 Å². The summed E-state index contributed by atoms with van der Waals surface area (Å²) >= 11 is 8.45. The van der Waals surface area contributed by atoms with Crippen molar-refractivity contribution in [1.82, 2.24) is 15.1 Å². The zero-order chi connectivity index (χ0) is 14.5. The molecule has 0 radical (unpaired) electrons. The molecular weight excluding hydrogens is 316 g/mol. The Morgan fingerprint density at radius 1 is 1.40 bits per heavy atom. The molecule has 1 heterocycles. The van der Waals surface area contributed by atoms with Gasteiger partial charge in [0.05, 0.1) is 5.75 Å². The van der Waals surface area contributed by atoms with Crippen LogP contribution in [0, 0.1) is 0 Å². The molecule has 2 aromatic rings. The number of nitrogens with zero attached hydrogens (tertiary/aromatic N) is 3. The molecule has 0 bridgehead atoms. The Balaban J connectivity index is 1.84. The fourth-order valence-corrected chi connectivity index (χ4v) is 3.17. The summed E-state index contributed by atoms with van der Waals surface area (Å²) in [5, 5.41) is 8.66. The van der Waals surface area contributed by atoms with Crippen molar-refractivity contribution in [3.8, 4) is 0 Å². The van der Waals surface area contributed by atoms with E-state index < -0.39 is 0 Å². The maximum Gasteiger partial charge on any atom is 0.233 e. The fraction of sp³-hybridized carbons (Fsp3) is 0.250. The number of carbonyl (C=O) groups is 1. The molecule has 1 aromatic carbocycles. The standard InChI is InChI=1S/C12H13ClN4OS2/c1-17(6-8-2-4-9(13)5-3-8)10(18)7-19-12-16-15-11(14)20-12/h2-5H,6-7H2,1H3,(H2,14,15). The van der Waals surface area contributed by atoms with E-state index in [0.717, 1.165) is 5.56 Å². The number of thioether (sulfide) groups is 1. The highest BCUT2D eigenvalue weighted by Crippen LogP contribution is 2.23. The highest BCUT2D eigenvalue weighted by molar-refractivity contribution is 8.01. The number of benzene rings is 1. The first-order valence-corrected chi connectivity index (χ1v) is 7.93. The third-order valence-corrected chi connectivity index (χ3v) is 4.62. The molecule has 0 aliphatic heterocycles. The maximum atomic E-state index is 12.0. The number of amides is 1. The van der Waals surface area contributed by atoms with Crippen molar-refractivity contribution in [2.24, 2.45) is 0 Å². The lowest BCUT2D eigenvalue weighted by molar-refractivity contribution is -0.127. The summed E-state index contributed by atoms with van der Waals surface area (Å²) in [7, 11) is 1.77. The van der Waals surface area contributed by atoms with Crippen LogP contribution in [0.1, 0.15) is 5.56 Å². The van der Waals surface area contributed by atoms with Crippen LogP contribution in [0.5, 0.6) is 0 Å². The Morgan fingerprint density at radius 2 is 2.10 bits per heavy atom. The Hall–Kier alpha value is -1.31. The molecule has 0 atom stereocenters. The van der Waals surface area contributed by atoms with Crippen molar-refractivity contribution in [3.63, 3.8) is 0 Å². The number of hydrogen-bond acceptors (Lipinski definition) is 6. The van der Waals surface area contributed by atoms with Gasteiger partial charge in [-0.3, -0.25) is 4.79 Å². The minimum Gasteiger partial charge on any atom is -0.374 e. The number of aromatic nitrogens is 2. The molecule has 0 saturated carbocycles. The van der Waals surface area contributed by atoms with Crippen molar-refractivity contribution in [3.05, 3.63) is 34.9 Å². The first kappa shape index (κ1) is 15.1. The van der Waals surface area contributed by atoms with Gasteiger partial charge in [0.2, 0.25) is 11.0 Å². The van der Waals surface area contributed by atoms with Crippen LogP contribution in [-0.4, -0.2) is 33.8 Å². The lowest BCUT2D eigenvalue weighted by Gasteiger charge is -2.16. The third-order valence-electron chi connectivity index (χ3n) is 2.50. The number of hydrogen-bond donors (Lipinski definition) is 1. The van der Waals surface area contributed by atoms with Crippen LogP contribution in [0.2, 0.25) is 5.02 Å². The minimum atomic E-state index is 0.0266. The average Bonchev–Trinajstić information content (AvgIpc) is 2.84. The van der Waals surface area contributed by atoms with Crippen LogP contribution in [0.3, 0.4) is 0 Å². The van der Waals surface area contributed by atoms with E-state index in [1.165, 1.54) is 23.1 Å². The van der Waals surface area contributed by atoms with Gasteiger partial charge in [0, 0.05) is 18.6 Å². The van der Waals surface area contributed by atoms with Gasteiger partial charge >= 0.3 is 0 Å². The van der Waals surface area contributed by atoms with Crippen LogP contribution in [0.25, 0.3) is 0 Å². The molecule has 0 saturated heterocycles. The molecule has 0 aliphatic carbocycles. The first-order chi connectivity index (χ1) is 9.54. The Labute approximate surface area is 130 Å². The third kappa shape index (κ3) is 4.36. The summed E-state index contributed by atoms with van der Waals surface area (Å²) in [6.07, 6.45) is 0. The van der Waals surface area contributed by atoms with Gasteiger partial charge in [0.25, 0.3) is 0 Å². The molecule has 1 aromatic heterocycles. The van der Waals surface area contributed by atoms with Crippen LogP contribution in [0.15, 0.2) is 28.6 Å². The summed E-state index contributed by atoms with van der Waals surface area (Å²) < 4.78 is 0.704. The summed E-state index contributed by atoms with van der Waals surface area (Å²) in [5.41, 5.74) is 6.52. The van der Waals surface area contributed by atoms with E-state index in [-0.39, 0.29) is 5.91 Å². The van der Waals surface area contributed by atoms with E-state index in [4.69, 9.17) is 17.3 Å². The van der Waals surface area contributed by atoms with Gasteiger partial charge in [-0.05, 0) is 17.7 Å². The molecule has 106 valence electrons. The molecule has 1 amide bonds. The number of halogens is 1. The Morgan fingerprint density at radius 3 is 2.70 bits per heavy atom. The van der Waals surface area contributed by atoms with Gasteiger partial charge in [-0.15, -0.1) is 10.2 Å². The SMILES string of the molecule is CN(Cc1ccc(Cl)cc1)C(=O)CSc1nnc(N)s1. The molecule has 0 fully saturated rings. The summed E-state index contributed by atoms with van der Waals surface area (Å²) in [5.74, 6) is 0.345. The largest absolute Gasteiger partial charge is 0.374 e. The van der Waals surface area contributed by atoms with Crippen molar-refractivity contribution in [2.75, 3.05) is 18.5 Å². The van der Waals surface area contributed by atoms with Gasteiger partial charge < -0.3 is 10.6 Å². The molecular formula is C12H13ClN4OS2. The van der Waals surface area contributed by atoms with Crippen molar-refractivity contribution < 1.29 is 4.79 Å². The van der Waals surface area contributed by atoms with Gasteiger partial charge in [0.1, 0.15) is 0 Å². The van der Waals surface area contributed by atoms with Gasteiger partial charge in [-0.25, -0.2) is 0 Å². The summed E-state index contributed by atoms with van der Waals surface area (Å²) in [6.45, 7) is 0.550. The Kier molecular flexibility index (Phi) is 5.22. The molecule has 2 N–H and O–H groups in total. The Bertz CT molecular complexity index is 587.